The second-order valence-corrected chi connectivity index (χ2v) is 11.8. The predicted molar refractivity (Wildman–Crippen MR) is 180 cm³/mol. The van der Waals surface area contributed by atoms with Crippen LogP contribution in [0.2, 0.25) is 0 Å². The zero-order chi connectivity index (χ0) is 31.0. The van der Waals surface area contributed by atoms with Gasteiger partial charge in [-0.15, -0.1) is 6.58 Å². The van der Waals surface area contributed by atoms with Gasteiger partial charge in [-0.3, -0.25) is 10.3 Å². The fraction of sp³-hybridized carbons (Fsp3) is 0.343. The molecule has 0 radical (unpaired) electrons. The number of benzene rings is 3. The Balaban J connectivity index is 0.000000534. The molecule has 0 saturated carbocycles. The molecule has 0 amide bonds. The SMILES string of the molecule is C=C/C(C)=C\CC.C=CC.CCNc1ccc(OCCN2CCCC2)cc1C(=N)S(=O)(=O)c1cccc2ccccc12. The second-order valence-electron chi connectivity index (χ2n) is 9.91. The summed E-state index contributed by atoms with van der Waals surface area (Å²) in [6.45, 7) is 19.2. The molecule has 4 rings (SSSR count). The molecule has 1 fully saturated rings. The first kappa shape index (κ1) is 34.5. The third kappa shape index (κ3) is 10.00. The van der Waals surface area contributed by atoms with Crippen molar-refractivity contribution < 1.29 is 13.2 Å². The Bertz CT molecular complexity index is 1450. The highest BCUT2D eigenvalue weighted by molar-refractivity contribution is 8.07. The van der Waals surface area contributed by atoms with Gasteiger partial charge in [0.15, 0.2) is 5.04 Å². The van der Waals surface area contributed by atoms with Gasteiger partial charge in [0.1, 0.15) is 12.4 Å². The van der Waals surface area contributed by atoms with E-state index in [1.165, 1.54) is 18.4 Å². The Morgan fingerprint density at radius 1 is 1.05 bits per heavy atom. The van der Waals surface area contributed by atoms with Crippen LogP contribution in [0.3, 0.4) is 0 Å². The molecule has 0 bridgehead atoms. The van der Waals surface area contributed by atoms with Gasteiger partial charge in [-0.2, -0.15) is 0 Å². The third-order valence-electron chi connectivity index (χ3n) is 6.63. The van der Waals surface area contributed by atoms with Crippen molar-refractivity contribution in [3.8, 4) is 5.75 Å². The van der Waals surface area contributed by atoms with Gasteiger partial charge in [-0.05, 0) is 82.8 Å². The van der Waals surface area contributed by atoms with E-state index in [1.807, 2.05) is 50.3 Å². The summed E-state index contributed by atoms with van der Waals surface area (Å²) in [5, 5.41) is 12.9. The van der Waals surface area contributed by atoms with Crippen molar-refractivity contribution in [1.82, 2.24) is 4.90 Å². The summed E-state index contributed by atoms with van der Waals surface area (Å²) in [7, 11) is -4.03. The third-order valence-corrected chi connectivity index (χ3v) is 8.33. The van der Waals surface area contributed by atoms with Gasteiger partial charge < -0.3 is 10.1 Å². The van der Waals surface area contributed by atoms with Crippen LogP contribution in [0.15, 0.2) is 103 Å². The molecule has 0 unspecified atom stereocenters. The topological polar surface area (TPSA) is 82.5 Å². The van der Waals surface area contributed by atoms with Gasteiger partial charge >= 0.3 is 0 Å². The summed E-state index contributed by atoms with van der Waals surface area (Å²) in [6.07, 6.45) is 9.32. The minimum absolute atomic E-state index is 0.142. The normalized spacial score (nSPS) is 13.3. The van der Waals surface area contributed by atoms with Crippen molar-refractivity contribution in [1.29, 1.82) is 5.41 Å². The van der Waals surface area contributed by atoms with Crippen molar-refractivity contribution in [2.24, 2.45) is 0 Å². The van der Waals surface area contributed by atoms with Crippen LogP contribution in [-0.4, -0.2) is 51.1 Å². The molecule has 1 aliphatic rings. The number of likely N-dealkylation sites (tertiary alicyclic amines) is 1. The standard InChI is InChI=1S/C25H29N3O3S.C7H12.C3H6/c1-2-27-23-13-12-20(31-17-16-28-14-5-6-15-28)18-22(23)25(26)32(29,30)24-11-7-9-19-8-3-4-10-21(19)24;1-4-6-7(3)5-2;1-3-2/h3-4,7-13,18,26-27H,2,5-6,14-17H2,1H3;5-6H,2,4H2,1,3H3;3H,1H2,2H3/b;7-6-;. The van der Waals surface area contributed by atoms with Crippen molar-refractivity contribution in [2.45, 2.75) is 51.9 Å². The summed E-state index contributed by atoms with van der Waals surface area (Å²) >= 11 is 0. The number of fused-ring (bicyclic) bond motifs is 1. The summed E-state index contributed by atoms with van der Waals surface area (Å²) < 4.78 is 32.9. The fourth-order valence-electron chi connectivity index (χ4n) is 4.53. The van der Waals surface area contributed by atoms with Crippen LogP contribution < -0.4 is 10.1 Å². The lowest BCUT2D eigenvalue weighted by Gasteiger charge is -2.17. The molecule has 3 aromatic carbocycles. The maximum Gasteiger partial charge on any atom is 0.224 e. The Kier molecular flexibility index (Phi) is 14.8. The number of anilines is 1. The molecule has 7 heteroatoms. The molecule has 1 saturated heterocycles. The average Bonchev–Trinajstić information content (AvgIpc) is 3.52. The summed E-state index contributed by atoms with van der Waals surface area (Å²) in [5.41, 5.74) is 2.19. The van der Waals surface area contributed by atoms with Gasteiger partial charge in [-0.25, -0.2) is 8.42 Å². The Hall–Kier alpha value is -3.68. The molecule has 0 aromatic heterocycles. The Morgan fingerprint density at radius 3 is 2.33 bits per heavy atom. The number of ether oxygens (including phenoxy) is 1. The van der Waals surface area contributed by atoms with Crippen LogP contribution in [0.1, 0.15) is 52.5 Å². The predicted octanol–water partition coefficient (Wildman–Crippen LogP) is 8.27. The van der Waals surface area contributed by atoms with E-state index >= 15 is 0 Å². The molecular weight excluding hydrogens is 542 g/mol. The van der Waals surface area contributed by atoms with Gasteiger partial charge in [-0.1, -0.05) is 73.7 Å². The highest BCUT2D eigenvalue weighted by atomic mass is 32.2. The van der Waals surface area contributed by atoms with Gasteiger partial charge in [0.25, 0.3) is 0 Å². The second kappa shape index (κ2) is 18.0. The van der Waals surface area contributed by atoms with Crippen LogP contribution in [0, 0.1) is 5.41 Å². The molecule has 42 heavy (non-hydrogen) atoms. The molecular formula is C35H47N3O3S. The van der Waals surface area contributed by atoms with E-state index in [0.717, 1.165) is 31.4 Å². The van der Waals surface area contributed by atoms with Gasteiger partial charge in [0.2, 0.25) is 9.84 Å². The molecule has 2 N–H and O–H groups in total. The van der Waals surface area contributed by atoms with Crippen molar-refractivity contribution in [3.63, 3.8) is 0 Å². The fourth-order valence-corrected chi connectivity index (χ4v) is 5.95. The van der Waals surface area contributed by atoms with Crippen molar-refractivity contribution in [2.75, 3.05) is 38.1 Å². The first-order valence-corrected chi connectivity index (χ1v) is 16.1. The van der Waals surface area contributed by atoms with Crippen LogP contribution in [0.5, 0.6) is 5.75 Å². The zero-order valence-electron chi connectivity index (χ0n) is 25.7. The zero-order valence-corrected chi connectivity index (χ0v) is 26.5. The molecule has 226 valence electrons. The summed E-state index contributed by atoms with van der Waals surface area (Å²) in [4.78, 5) is 2.50. The van der Waals surface area contributed by atoms with E-state index in [0.29, 0.717) is 35.5 Å². The molecule has 0 spiro atoms. The van der Waals surface area contributed by atoms with E-state index in [1.54, 1.807) is 36.4 Å². The molecule has 0 aliphatic carbocycles. The monoisotopic (exact) mass is 589 g/mol. The maximum atomic E-state index is 13.5. The van der Waals surface area contributed by atoms with E-state index in [-0.39, 0.29) is 4.90 Å². The maximum absolute atomic E-state index is 13.5. The number of sulfone groups is 1. The average molecular weight is 590 g/mol. The van der Waals surface area contributed by atoms with E-state index in [9.17, 15) is 8.42 Å². The van der Waals surface area contributed by atoms with Crippen LogP contribution in [0.25, 0.3) is 10.8 Å². The largest absolute Gasteiger partial charge is 0.492 e. The molecule has 6 nitrogen and oxygen atoms in total. The molecule has 3 aromatic rings. The Labute approximate surface area is 253 Å². The summed E-state index contributed by atoms with van der Waals surface area (Å²) in [6, 6.07) is 17.8. The van der Waals surface area contributed by atoms with E-state index in [2.05, 4.69) is 43.3 Å². The molecule has 1 aliphatic heterocycles. The van der Waals surface area contributed by atoms with Gasteiger partial charge in [0, 0.05) is 29.7 Å². The lowest BCUT2D eigenvalue weighted by molar-refractivity contribution is 0.238. The van der Waals surface area contributed by atoms with Crippen LogP contribution in [-0.2, 0) is 9.84 Å². The lowest BCUT2D eigenvalue weighted by Crippen LogP contribution is -2.25. The summed E-state index contributed by atoms with van der Waals surface area (Å²) in [5.74, 6) is 0.568. The first-order valence-electron chi connectivity index (χ1n) is 14.6. The number of rotatable bonds is 10. The number of allylic oxidation sites excluding steroid dienone is 4. The highest BCUT2D eigenvalue weighted by Gasteiger charge is 2.27. The quantitative estimate of drug-likeness (QED) is 0.108. The van der Waals surface area contributed by atoms with Gasteiger partial charge in [0.05, 0.1) is 4.90 Å². The Morgan fingerprint density at radius 2 is 1.71 bits per heavy atom. The van der Waals surface area contributed by atoms with Crippen LogP contribution >= 0.6 is 0 Å². The van der Waals surface area contributed by atoms with Crippen molar-refractivity contribution >= 4 is 31.3 Å². The molecule has 0 atom stereocenters. The highest BCUT2D eigenvalue weighted by Crippen LogP contribution is 2.30. The number of nitrogens with zero attached hydrogens (tertiary/aromatic N) is 1. The van der Waals surface area contributed by atoms with Crippen LogP contribution in [0.4, 0.5) is 5.69 Å². The molecule has 1 heterocycles. The van der Waals surface area contributed by atoms with E-state index < -0.39 is 14.9 Å². The lowest BCUT2D eigenvalue weighted by atomic mass is 10.1. The minimum atomic E-state index is -4.03. The minimum Gasteiger partial charge on any atom is -0.492 e. The number of hydrogen-bond donors (Lipinski definition) is 2. The smallest absolute Gasteiger partial charge is 0.224 e. The number of nitrogens with one attached hydrogen (secondary N) is 2. The first-order chi connectivity index (χ1) is 20.2. The van der Waals surface area contributed by atoms with E-state index in [4.69, 9.17) is 10.1 Å². The van der Waals surface area contributed by atoms with Crippen molar-refractivity contribution in [3.05, 3.63) is 103 Å². The number of hydrogen-bond acceptors (Lipinski definition) is 6.